The third-order valence-corrected chi connectivity index (χ3v) is 16.7. The van der Waals surface area contributed by atoms with Gasteiger partial charge in [0.1, 0.15) is 0 Å². The lowest BCUT2D eigenvalue weighted by molar-refractivity contribution is -0.0937. The molecule has 0 amide bonds. The Kier molecular flexibility index (Phi) is 27.1. The largest absolute Gasteiger partial charge is 0.500 e. The molecule has 0 heterocycles. The van der Waals surface area contributed by atoms with Crippen molar-refractivity contribution in [3.05, 3.63) is 0 Å². The van der Waals surface area contributed by atoms with Gasteiger partial charge in [-0.2, -0.15) is 0 Å². The minimum Gasteiger partial charge on any atom is -0.396 e. The highest BCUT2D eigenvalue weighted by Crippen LogP contribution is 2.22. The molecule has 0 fully saturated rings. The molecule has 0 saturated carbocycles. The van der Waals surface area contributed by atoms with Crippen LogP contribution in [-0.4, -0.2) is 142 Å². The van der Waals surface area contributed by atoms with Crippen LogP contribution in [0.5, 0.6) is 0 Å². The summed E-state index contributed by atoms with van der Waals surface area (Å²) < 4.78 is 67.7. The zero-order valence-corrected chi connectivity index (χ0v) is 32.8. The third kappa shape index (κ3) is 17.9. The van der Waals surface area contributed by atoms with Crippen LogP contribution in [0.3, 0.4) is 0 Å². The Hall–Kier alpha value is 0.131. The lowest BCUT2D eigenvalue weighted by atomic mass is 9.92. The van der Waals surface area contributed by atoms with Crippen molar-refractivity contribution in [2.24, 2.45) is 5.41 Å². The minimum atomic E-state index is -2.55. The average Bonchev–Trinajstić information content (AvgIpc) is 3.09. The summed E-state index contributed by atoms with van der Waals surface area (Å²) in [4.78, 5) is 0. The van der Waals surface area contributed by atoms with Gasteiger partial charge in [-0.25, -0.2) is 0 Å². The number of aliphatic hydroxyl groups is 1. The molecule has 0 saturated heterocycles. The molecule has 0 aliphatic carbocycles. The summed E-state index contributed by atoms with van der Waals surface area (Å²) in [5.41, 5.74) is -0.640. The molecule has 0 aliphatic rings. The van der Waals surface area contributed by atoms with Crippen LogP contribution < -0.4 is 0 Å². The maximum absolute atomic E-state index is 10.5. The molecule has 16 heteroatoms. The molecule has 272 valence electrons. The summed E-state index contributed by atoms with van der Waals surface area (Å²) >= 11 is 0. The summed E-state index contributed by atoms with van der Waals surface area (Å²) in [7, 11) is 7.05. The molecule has 0 atom stereocenters. The Labute approximate surface area is 276 Å². The van der Waals surface area contributed by atoms with Crippen LogP contribution in [0.4, 0.5) is 0 Å². The lowest BCUT2D eigenvalue weighted by Crippen LogP contribution is -2.42. The molecule has 0 aromatic carbocycles. The smallest absolute Gasteiger partial charge is 0.396 e. The van der Waals surface area contributed by atoms with Crippen LogP contribution >= 0.6 is 0 Å². The first kappa shape index (κ1) is 45.1. The van der Waals surface area contributed by atoms with Gasteiger partial charge in [-0.05, 0) is 38.5 Å². The fraction of sp³-hybridized carbons (Fsp3) is 1.00. The second-order valence-corrected chi connectivity index (χ2v) is 20.4. The van der Waals surface area contributed by atoms with E-state index in [1.165, 1.54) is 0 Å². The van der Waals surface area contributed by atoms with Crippen molar-refractivity contribution in [2.75, 3.05) is 110 Å². The first-order chi connectivity index (χ1) is 21.7. The second kappa shape index (κ2) is 27.0. The van der Waals surface area contributed by atoms with Gasteiger partial charge in [0, 0.05) is 102 Å². The van der Waals surface area contributed by atoms with Gasteiger partial charge in [-0.3, -0.25) is 0 Å². The first-order valence-corrected chi connectivity index (χ1v) is 21.8. The van der Waals surface area contributed by atoms with E-state index in [0.29, 0.717) is 39.6 Å². The maximum Gasteiger partial charge on any atom is 0.500 e. The second-order valence-electron chi connectivity index (χ2n) is 11.1. The van der Waals surface area contributed by atoms with E-state index < -0.39 is 31.8 Å². The number of ether oxygens (including phenoxy) is 3. The zero-order valence-electron chi connectivity index (χ0n) is 29.8. The van der Waals surface area contributed by atoms with E-state index in [1.807, 2.05) is 0 Å². The summed E-state index contributed by atoms with van der Waals surface area (Å²) in [5.74, 6) is 0. The Balaban J connectivity index is 4.75. The van der Waals surface area contributed by atoms with Gasteiger partial charge in [-0.15, -0.1) is 0 Å². The Morgan fingerprint density at radius 1 is 0.378 bits per heavy atom. The van der Waals surface area contributed by atoms with Gasteiger partial charge in [0.25, 0.3) is 0 Å². The van der Waals surface area contributed by atoms with Gasteiger partial charge >= 0.3 is 26.4 Å². The summed E-state index contributed by atoms with van der Waals surface area (Å²) in [5, 5.41) is 10.5. The highest BCUT2D eigenvalue weighted by molar-refractivity contribution is 6.61. The molecular formula is C29H66O13Si3. The van der Waals surface area contributed by atoms with Crippen molar-refractivity contribution in [3.8, 4) is 0 Å². The fourth-order valence-electron chi connectivity index (χ4n) is 4.96. The van der Waals surface area contributed by atoms with E-state index in [1.54, 1.807) is 64.0 Å². The van der Waals surface area contributed by atoms with Crippen LogP contribution in [0.25, 0.3) is 0 Å². The summed E-state index contributed by atoms with van der Waals surface area (Å²) in [6.07, 6.45) is 8.31. The van der Waals surface area contributed by atoms with Crippen molar-refractivity contribution < 1.29 is 59.2 Å². The molecular weight excluding hydrogens is 641 g/mol. The monoisotopic (exact) mass is 706 g/mol. The topological polar surface area (TPSA) is 131 Å². The lowest BCUT2D eigenvalue weighted by Gasteiger charge is -2.31. The molecule has 0 spiro atoms. The molecule has 0 aliphatic heterocycles. The molecule has 1 N–H and O–H groups in total. The SMILES string of the molecule is CO[Si](CCCCCOCC(CO)(COCCCCC[Si](OC)(OC)OC)COCCCCC[Si](OC)(OC)OC)(OC)OC. The van der Waals surface area contributed by atoms with Crippen LogP contribution in [0, 0.1) is 5.41 Å². The number of aliphatic hydroxyl groups excluding tert-OH is 1. The average molecular weight is 707 g/mol. The highest BCUT2D eigenvalue weighted by atomic mass is 28.4. The molecule has 0 rings (SSSR count). The first-order valence-electron chi connectivity index (χ1n) is 16.0. The van der Waals surface area contributed by atoms with Crippen LogP contribution in [0.2, 0.25) is 18.1 Å². The summed E-state index contributed by atoms with van der Waals surface area (Å²) in [6.45, 7) is 2.70. The van der Waals surface area contributed by atoms with Crippen LogP contribution in [0.15, 0.2) is 0 Å². The van der Waals surface area contributed by atoms with Crippen LogP contribution in [0.1, 0.15) is 57.8 Å². The van der Waals surface area contributed by atoms with Gasteiger partial charge < -0.3 is 59.2 Å². The number of hydrogen-bond donors (Lipinski definition) is 1. The van der Waals surface area contributed by atoms with Crippen molar-refractivity contribution in [1.82, 2.24) is 0 Å². The third-order valence-electron chi connectivity index (χ3n) is 8.17. The quantitative estimate of drug-likeness (QED) is 0.0760. The number of hydrogen-bond acceptors (Lipinski definition) is 13. The van der Waals surface area contributed by atoms with E-state index >= 15 is 0 Å². The Morgan fingerprint density at radius 3 is 0.822 bits per heavy atom. The van der Waals surface area contributed by atoms with Gasteiger partial charge in [-0.1, -0.05) is 19.3 Å². The van der Waals surface area contributed by atoms with E-state index in [9.17, 15) is 5.11 Å². The Morgan fingerprint density at radius 2 is 0.622 bits per heavy atom. The van der Waals surface area contributed by atoms with Gasteiger partial charge in [0.05, 0.1) is 31.8 Å². The molecule has 0 aromatic rings. The van der Waals surface area contributed by atoms with E-state index in [0.717, 1.165) is 75.9 Å². The molecule has 0 radical (unpaired) electrons. The Bertz CT molecular complexity index is 561. The molecule has 45 heavy (non-hydrogen) atoms. The van der Waals surface area contributed by atoms with Gasteiger partial charge in [0.15, 0.2) is 0 Å². The highest BCUT2D eigenvalue weighted by Gasteiger charge is 2.38. The van der Waals surface area contributed by atoms with Crippen LogP contribution in [-0.2, 0) is 54.0 Å². The van der Waals surface area contributed by atoms with E-state index in [4.69, 9.17) is 54.0 Å². The standard InChI is InChI=1S/C29H66O13Si3/c1-31-43(32-2,33-3)22-16-10-13-19-40-26-29(25-30,27-41-20-14-11-17-23-44(34-4,35-5)36-6)28-42-21-15-12-18-24-45(37-7,38-8)39-9/h30H,10-28H2,1-9H3. The van der Waals surface area contributed by atoms with Crippen molar-refractivity contribution in [3.63, 3.8) is 0 Å². The molecule has 0 bridgehead atoms. The fourth-order valence-corrected chi connectivity index (χ4v) is 10.3. The zero-order chi connectivity index (χ0) is 33.9. The van der Waals surface area contributed by atoms with E-state index in [2.05, 4.69) is 0 Å². The van der Waals surface area contributed by atoms with E-state index in [-0.39, 0.29) is 6.61 Å². The van der Waals surface area contributed by atoms with Crippen molar-refractivity contribution in [2.45, 2.75) is 75.9 Å². The maximum atomic E-state index is 10.5. The molecule has 0 aromatic heterocycles. The summed E-state index contributed by atoms with van der Waals surface area (Å²) in [6, 6.07) is 2.28. The predicted octanol–water partition coefficient (Wildman–Crippen LogP) is 4.16. The minimum absolute atomic E-state index is 0.0933. The number of unbranched alkanes of at least 4 members (excludes halogenated alkanes) is 6. The van der Waals surface area contributed by atoms with Gasteiger partial charge in [0.2, 0.25) is 0 Å². The normalized spacial score (nSPS) is 13.2. The predicted molar refractivity (Wildman–Crippen MR) is 178 cm³/mol. The van der Waals surface area contributed by atoms with Crippen molar-refractivity contribution >= 4 is 26.4 Å². The molecule has 0 unspecified atom stereocenters. The number of rotatable bonds is 34. The van der Waals surface area contributed by atoms with Crippen molar-refractivity contribution in [1.29, 1.82) is 0 Å². The molecule has 13 nitrogen and oxygen atoms in total.